The average molecular weight is 246 g/mol. The highest BCUT2D eigenvalue weighted by atomic mass is 15.2. The fraction of sp³-hybridized carbons (Fsp3) is 0.625. The summed E-state index contributed by atoms with van der Waals surface area (Å²) in [5, 5.41) is 0. The first kappa shape index (κ1) is 13.4. The maximum atomic E-state index is 6.26. The second-order valence-electron chi connectivity index (χ2n) is 6.97. The van der Waals surface area contributed by atoms with Crippen molar-refractivity contribution in [1.29, 1.82) is 0 Å². The van der Waals surface area contributed by atoms with Gasteiger partial charge in [0.05, 0.1) is 0 Å². The van der Waals surface area contributed by atoms with Crippen LogP contribution in [0.15, 0.2) is 24.3 Å². The molecule has 1 aromatic rings. The summed E-state index contributed by atoms with van der Waals surface area (Å²) in [5.74, 6) is 0. The molecule has 0 saturated carbocycles. The summed E-state index contributed by atoms with van der Waals surface area (Å²) in [6, 6.07) is 9.00. The molecule has 1 atom stereocenters. The van der Waals surface area contributed by atoms with Crippen LogP contribution in [0.4, 0.5) is 5.69 Å². The van der Waals surface area contributed by atoms with Crippen LogP contribution in [0.1, 0.15) is 46.6 Å². The summed E-state index contributed by atoms with van der Waals surface area (Å²) in [5.41, 5.74) is 9.23. The van der Waals surface area contributed by atoms with Gasteiger partial charge in [-0.1, -0.05) is 39.0 Å². The molecule has 2 N–H and O–H groups in total. The topological polar surface area (TPSA) is 29.3 Å². The summed E-state index contributed by atoms with van der Waals surface area (Å²) >= 11 is 0. The second-order valence-corrected chi connectivity index (χ2v) is 6.97. The third kappa shape index (κ3) is 2.14. The fourth-order valence-electron chi connectivity index (χ4n) is 2.88. The van der Waals surface area contributed by atoms with E-state index in [-0.39, 0.29) is 17.0 Å². The maximum Gasteiger partial charge on any atom is 0.0497 e. The van der Waals surface area contributed by atoms with Gasteiger partial charge in [-0.15, -0.1) is 0 Å². The molecule has 0 spiro atoms. The standard InChI is InChI=1S/C16H26N2/c1-15(2,3)12-8-6-7-9-13(12)18-11-10-14(17)16(18,4)5/h6-9,14H,10-11,17H2,1-5H3. The lowest BCUT2D eigenvalue weighted by Crippen LogP contribution is -2.49. The molecular formula is C16H26N2. The number of nitrogens with two attached hydrogens (primary N) is 1. The van der Waals surface area contributed by atoms with Gasteiger partial charge in [-0.25, -0.2) is 0 Å². The largest absolute Gasteiger partial charge is 0.365 e. The molecule has 1 fully saturated rings. The van der Waals surface area contributed by atoms with E-state index in [1.165, 1.54) is 11.3 Å². The lowest BCUT2D eigenvalue weighted by atomic mass is 9.84. The summed E-state index contributed by atoms with van der Waals surface area (Å²) in [7, 11) is 0. The van der Waals surface area contributed by atoms with Crippen molar-refractivity contribution in [2.75, 3.05) is 11.4 Å². The molecule has 1 saturated heterocycles. The Morgan fingerprint density at radius 2 is 1.83 bits per heavy atom. The monoisotopic (exact) mass is 246 g/mol. The van der Waals surface area contributed by atoms with Gasteiger partial charge < -0.3 is 10.6 Å². The summed E-state index contributed by atoms with van der Waals surface area (Å²) in [6.07, 6.45) is 1.07. The highest BCUT2D eigenvalue weighted by Gasteiger charge is 2.40. The number of nitrogens with zero attached hydrogens (tertiary/aromatic N) is 1. The molecule has 1 aliphatic rings. The van der Waals surface area contributed by atoms with E-state index in [0.29, 0.717) is 0 Å². The number of hydrogen-bond acceptors (Lipinski definition) is 2. The second kappa shape index (κ2) is 4.27. The summed E-state index contributed by atoms with van der Waals surface area (Å²) < 4.78 is 0. The molecule has 0 aliphatic carbocycles. The van der Waals surface area contributed by atoms with Crippen molar-refractivity contribution in [2.24, 2.45) is 5.73 Å². The zero-order chi connectivity index (χ0) is 13.6. The minimum Gasteiger partial charge on any atom is -0.365 e. The van der Waals surface area contributed by atoms with Crippen molar-refractivity contribution in [2.45, 2.75) is 58.0 Å². The van der Waals surface area contributed by atoms with Gasteiger partial charge in [0.1, 0.15) is 0 Å². The van der Waals surface area contributed by atoms with Gasteiger partial charge in [0.25, 0.3) is 0 Å². The van der Waals surface area contributed by atoms with Crippen LogP contribution in [0.3, 0.4) is 0 Å². The number of hydrogen-bond donors (Lipinski definition) is 1. The molecule has 1 aromatic carbocycles. The molecule has 1 heterocycles. The Labute approximate surface area is 111 Å². The molecule has 0 amide bonds. The first-order chi connectivity index (χ1) is 8.24. The van der Waals surface area contributed by atoms with Gasteiger partial charge in [0.2, 0.25) is 0 Å². The predicted octanol–water partition coefficient (Wildman–Crippen LogP) is 3.30. The summed E-state index contributed by atoms with van der Waals surface area (Å²) in [6.45, 7) is 12.4. The maximum absolute atomic E-state index is 6.26. The van der Waals surface area contributed by atoms with E-state index < -0.39 is 0 Å². The number of rotatable bonds is 1. The van der Waals surface area contributed by atoms with Crippen molar-refractivity contribution in [3.63, 3.8) is 0 Å². The van der Waals surface area contributed by atoms with E-state index in [1.807, 2.05) is 0 Å². The molecule has 0 aromatic heterocycles. The highest BCUT2D eigenvalue weighted by Crippen LogP contribution is 2.39. The quantitative estimate of drug-likeness (QED) is 0.824. The van der Waals surface area contributed by atoms with Crippen molar-refractivity contribution in [3.8, 4) is 0 Å². The van der Waals surface area contributed by atoms with Gasteiger partial charge in [-0.3, -0.25) is 0 Å². The van der Waals surface area contributed by atoms with Crippen LogP contribution in [0.5, 0.6) is 0 Å². The fourth-order valence-corrected chi connectivity index (χ4v) is 2.88. The van der Waals surface area contributed by atoms with Crippen LogP contribution in [0.2, 0.25) is 0 Å². The van der Waals surface area contributed by atoms with E-state index >= 15 is 0 Å². The van der Waals surface area contributed by atoms with E-state index in [0.717, 1.165) is 13.0 Å². The molecule has 100 valence electrons. The van der Waals surface area contributed by atoms with Crippen molar-refractivity contribution in [1.82, 2.24) is 0 Å². The van der Waals surface area contributed by atoms with E-state index in [1.54, 1.807) is 0 Å². The SMILES string of the molecule is CC(C)(C)c1ccccc1N1CCC(N)C1(C)C. The Bertz CT molecular complexity index is 429. The first-order valence-electron chi connectivity index (χ1n) is 6.87. The molecule has 0 bridgehead atoms. The van der Waals surface area contributed by atoms with E-state index in [2.05, 4.69) is 63.8 Å². The van der Waals surface area contributed by atoms with Gasteiger partial charge in [-0.05, 0) is 37.3 Å². The van der Waals surface area contributed by atoms with Crippen molar-refractivity contribution < 1.29 is 0 Å². The Balaban J connectivity index is 2.47. The smallest absolute Gasteiger partial charge is 0.0497 e. The van der Waals surface area contributed by atoms with Crippen LogP contribution < -0.4 is 10.6 Å². The third-order valence-electron chi connectivity index (χ3n) is 4.27. The van der Waals surface area contributed by atoms with Gasteiger partial charge in [-0.2, -0.15) is 0 Å². The molecule has 2 nitrogen and oxygen atoms in total. The predicted molar refractivity (Wildman–Crippen MR) is 79.2 cm³/mol. The Kier molecular flexibility index (Phi) is 3.18. The minimum absolute atomic E-state index is 0.0430. The summed E-state index contributed by atoms with van der Waals surface area (Å²) in [4.78, 5) is 2.48. The molecule has 2 rings (SSSR count). The van der Waals surface area contributed by atoms with Crippen LogP contribution in [0.25, 0.3) is 0 Å². The number of benzene rings is 1. The normalized spacial score (nSPS) is 23.4. The van der Waals surface area contributed by atoms with Crippen LogP contribution in [0, 0.1) is 0 Å². The zero-order valence-electron chi connectivity index (χ0n) is 12.3. The van der Waals surface area contributed by atoms with Crippen molar-refractivity contribution in [3.05, 3.63) is 29.8 Å². The lowest BCUT2D eigenvalue weighted by molar-refractivity contribution is 0.450. The molecule has 1 aliphatic heterocycles. The highest BCUT2D eigenvalue weighted by molar-refractivity contribution is 5.59. The molecule has 2 heteroatoms. The minimum atomic E-state index is 0.0430. The number of para-hydroxylation sites is 1. The molecule has 18 heavy (non-hydrogen) atoms. The van der Waals surface area contributed by atoms with Crippen LogP contribution >= 0.6 is 0 Å². The van der Waals surface area contributed by atoms with Gasteiger partial charge >= 0.3 is 0 Å². The number of anilines is 1. The molecular weight excluding hydrogens is 220 g/mol. The average Bonchev–Trinajstić information content (AvgIpc) is 2.53. The Morgan fingerprint density at radius 1 is 1.22 bits per heavy atom. The van der Waals surface area contributed by atoms with Crippen LogP contribution in [-0.2, 0) is 5.41 Å². The first-order valence-corrected chi connectivity index (χ1v) is 6.87. The van der Waals surface area contributed by atoms with E-state index in [4.69, 9.17) is 5.73 Å². The lowest BCUT2D eigenvalue weighted by Gasteiger charge is -2.39. The Morgan fingerprint density at radius 3 is 2.33 bits per heavy atom. The third-order valence-corrected chi connectivity index (χ3v) is 4.27. The molecule has 1 unspecified atom stereocenters. The van der Waals surface area contributed by atoms with Crippen LogP contribution in [-0.4, -0.2) is 18.1 Å². The zero-order valence-corrected chi connectivity index (χ0v) is 12.3. The van der Waals surface area contributed by atoms with Crippen molar-refractivity contribution >= 4 is 5.69 Å². The van der Waals surface area contributed by atoms with E-state index in [9.17, 15) is 0 Å². The van der Waals surface area contributed by atoms with Gasteiger partial charge in [0, 0.05) is 23.8 Å². The molecule has 0 radical (unpaired) electrons. The Hall–Kier alpha value is -1.02. The van der Waals surface area contributed by atoms with Gasteiger partial charge in [0.15, 0.2) is 0 Å².